The predicted octanol–water partition coefficient (Wildman–Crippen LogP) is 4.05. The third-order valence-corrected chi connectivity index (χ3v) is 3.35. The second-order valence-electron chi connectivity index (χ2n) is 4.60. The minimum atomic E-state index is 0. The Kier molecular flexibility index (Phi) is 4.09. The molecule has 0 aliphatic heterocycles. The molecule has 0 saturated carbocycles. The first-order valence-corrected chi connectivity index (χ1v) is 6.45. The minimum Gasteiger partial charge on any atom is -0.336 e. The number of rotatable bonds is 1. The first kappa shape index (κ1) is 14.3. The van der Waals surface area contributed by atoms with Gasteiger partial charge in [0.1, 0.15) is 0 Å². The number of pyridine rings is 2. The Morgan fingerprint density at radius 3 is 2.71 bits per heavy atom. The van der Waals surface area contributed by atoms with Crippen molar-refractivity contribution >= 4 is 21.8 Å². The Morgan fingerprint density at radius 2 is 1.76 bits per heavy atom. The normalized spacial score (nSPS) is 10.5. The fourth-order valence-corrected chi connectivity index (χ4v) is 2.38. The van der Waals surface area contributed by atoms with Crippen molar-refractivity contribution < 1.29 is 32.7 Å². The molecule has 21 heavy (non-hydrogen) atoms. The molecular formula is C18H10N2Y-2. The number of hydrogen-bond acceptors (Lipinski definition) is 2. The Morgan fingerprint density at radius 1 is 0.857 bits per heavy atom. The third kappa shape index (κ3) is 2.62. The van der Waals surface area contributed by atoms with Crippen molar-refractivity contribution in [1.29, 1.82) is 0 Å². The van der Waals surface area contributed by atoms with Crippen LogP contribution in [0.25, 0.3) is 33.1 Å². The van der Waals surface area contributed by atoms with Crippen LogP contribution >= 0.6 is 0 Å². The summed E-state index contributed by atoms with van der Waals surface area (Å²) >= 11 is 0. The van der Waals surface area contributed by atoms with Crippen LogP contribution in [-0.4, -0.2) is 9.97 Å². The van der Waals surface area contributed by atoms with E-state index in [-0.39, 0.29) is 32.7 Å². The number of aromatic nitrogens is 2. The summed E-state index contributed by atoms with van der Waals surface area (Å²) in [4.78, 5) is 9.05. The van der Waals surface area contributed by atoms with Gasteiger partial charge in [-0.1, -0.05) is 23.6 Å². The molecule has 0 bridgehead atoms. The molecule has 2 aromatic heterocycles. The molecule has 0 spiro atoms. The summed E-state index contributed by atoms with van der Waals surface area (Å²) in [6.45, 7) is 0. The van der Waals surface area contributed by atoms with Gasteiger partial charge >= 0.3 is 0 Å². The van der Waals surface area contributed by atoms with E-state index in [1.165, 1.54) is 0 Å². The van der Waals surface area contributed by atoms with Crippen molar-refractivity contribution in [3.63, 3.8) is 0 Å². The zero-order valence-corrected chi connectivity index (χ0v) is 14.1. The van der Waals surface area contributed by atoms with Crippen molar-refractivity contribution in [2.24, 2.45) is 0 Å². The van der Waals surface area contributed by atoms with Gasteiger partial charge in [-0.3, -0.25) is 4.98 Å². The van der Waals surface area contributed by atoms with Crippen LogP contribution in [0, 0.1) is 12.1 Å². The molecule has 2 aromatic carbocycles. The van der Waals surface area contributed by atoms with Gasteiger partial charge in [0.15, 0.2) is 0 Å². The molecule has 0 unspecified atom stereocenters. The number of hydrogen-bond donors (Lipinski definition) is 0. The van der Waals surface area contributed by atoms with Crippen LogP contribution in [0.1, 0.15) is 0 Å². The average molecular weight is 343 g/mol. The second kappa shape index (κ2) is 6.01. The summed E-state index contributed by atoms with van der Waals surface area (Å²) in [7, 11) is 0. The quantitative estimate of drug-likeness (QED) is 0.488. The molecule has 0 fully saturated rings. The molecule has 4 aromatic rings. The van der Waals surface area contributed by atoms with Crippen LogP contribution in [-0.2, 0) is 32.7 Å². The van der Waals surface area contributed by atoms with Gasteiger partial charge in [-0.2, -0.15) is 12.1 Å². The maximum atomic E-state index is 4.68. The average Bonchev–Trinajstić information content (AvgIpc) is 2.54. The first-order valence-electron chi connectivity index (χ1n) is 6.45. The summed E-state index contributed by atoms with van der Waals surface area (Å²) in [6.07, 6.45) is 1.80. The Balaban J connectivity index is 0.00000132. The molecule has 0 N–H and O–H groups in total. The van der Waals surface area contributed by atoms with Crippen LogP contribution < -0.4 is 0 Å². The molecule has 0 aliphatic carbocycles. The van der Waals surface area contributed by atoms with Crippen LogP contribution in [0.4, 0.5) is 0 Å². The largest absolute Gasteiger partial charge is 0.336 e. The summed E-state index contributed by atoms with van der Waals surface area (Å²) < 4.78 is 0. The van der Waals surface area contributed by atoms with E-state index in [2.05, 4.69) is 22.1 Å². The summed E-state index contributed by atoms with van der Waals surface area (Å²) in [5, 5.41) is 2.14. The van der Waals surface area contributed by atoms with E-state index < -0.39 is 0 Å². The molecule has 97 valence electrons. The monoisotopic (exact) mass is 343 g/mol. The molecule has 0 amide bonds. The predicted molar refractivity (Wildman–Crippen MR) is 80.2 cm³/mol. The van der Waals surface area contributed by atoms with Gasteiger partial charge in [-0.05, 0) is 11.6 Å². The standard InChI is InChI=1S/C18H10N2.Y/c1-2-8-16-13(5-1)10-11-18(20-16)15-6-3-9-17-14(15)7-4-12-19-17;/h1-5,7-10,12H;/q-2;. The molecule has 3 heteroatoms. The molecule has 4 rings (SSSR count). The van der Waals surface area contributed by atoms with E-state index in [0.29, 0.717) is 0 Å². The number of benzene rings is 2. The van der Waals surface area contributed by atoms with Gasteiger partial charge in [0.2, 0.25) is 0 Å². The molecule has 1 radical (unpaired) electrons. The van der Waals surface area contributed by atoms with Gasteiger partial charge < -0.3 is 4.98 Å². The Hall–Kier alpha value is -1.64. The Bertz CT molecular complexity index is 913. The summed E-state index contributed by atoms with van der Waals surface area (Å²) in [5.41, 5.74) is 3.67. The molecule has 2 nitrogen and oxygen atoms in total. The van der Waals surface area contributed by atoms with Crippen molar-refractivity contribution in [1.82, 2.24) is 9.97 Å². The van der Waals surface area contributed by atoms with Crippen LogP contribution in [0.15, 0.2) is 60.8 Å². The molecule has 0 atom stereocenters. The van der Waals surface area contributed by atoms with Gasteiger partial charge in [0.05, 0.1) is 0 Å². The first-order chi connectivity index (χ1) is 9.92. The number of para-hydroxylation sites is 1. The van der Waals surface area contributed by atoms with Crippen molar-refractivity contribution in [2.45, 2.75) is 0 Å². The smallest absolute Gasteiger partial charge is 0.0247 e. The molecular weight excluding hydrogens is 333 g/mol. The van der Waals surface area contributed by atoms with Gasteiger partial charge in [0, 0.05) is 44.4 Å². The zero-order chi connectivity index (χ0) is 13.4. The van der Waals surface area contributed by atoms with E-state index >= 15 is 0 Å². The van der Waals surface area contributed by atoms with Gasteiger partial charge in [0.25, 0.3) is 0 Å². The summed E-state index contributed by atoms with van der Waals surface area (Å²) in [6, 6.07) is 24.3. The van der Waals surface area contributed by atoms with Gasteiger partial charge in [-0.15, -0.1) is 29.3 Å². The van der Waals surface area contributed by atoms with Crippen LogP contribution in [0.3, 0.4) is 0 Å². The summed E-state index contributed by atoms with van der Waals surface area (Å²) in [5.74, 6) is 0. The van der Waals surface area contributed by atoms with E-state index in [1.54, 1.807) is 6.20 Å². The van der Waals surface area contributed by atoms with Crippen molar-refractivity contribution in [2.75, 3.05) is 0 Å². The topological polar surface area (TPSA) is 25.8 Å². The SMILES string of the molecule is [Y].[c-]1cc2ccccc2nc1-c1[c-]ccc2ncccc12. The maximum absolute atomic E-state index is 4.68. The Labute approximate surface area is 148 Å². The zero-order valence-electron chi connectivity index (χ0n) is 11.2. The maximum Gasteiger partial charge on any atom is 0.0247 e. The van der Waals surface area contributed by atoms with Crippen molar-refractivity contribution in [3.05, 3.63) is 72.9 Å². The second-order valence-corrected chi connectivity index (χ2v) is 4.60. The van der Waals surface area contributed by atoms with E-state index in [0.717, 1.165) is 33.1 Å². The number of fused-ring (bicyclic) bond motifs is 2. The van der Waals surface area contributed by atoms with E-state index in [9.17, 15) is 0 Å². The molecule has 2 heterocycles. The fourth-order valence-electron chi connectivity index (χ4n) is 2.38. The van der Waals surface area contributed by atoms with Crippen LogP contribution in [0.2, 0.25) is 0 Å². The minimum absolute atomic E-state index is 0. The van der Waals surface area contributed by atoms with E-state index in [1.807, 2.05) is 54.6 Å². The van der Waals surface area contributed by atoms with Crippen molar-refractivity contribution in [3.8, 4) is 11.3 Å². The van der Waals surface area contributed by atoms with E-state index in [4.69, 9.17) is 0 Å². The molecule has 0 aliphatic rings. The molecule has 0 saturated heterocycles. The van der Waals surface area contributed by atoms with Crippen LogP contribution in [0.5, 0.6) is 0 Å². The third-order valence-electron chi connectivity index (χ3n) is 3.35. The number of nitrogens with zero attached hydrogens (tertiary/aromatic N) is 2. The fraction of sp³-hybridized carbons (Fsp3) is 0. The van der Waals surface area contributed by atoms with Gasteiger partial charge in [-0.25, -0.2) is 17.7 Å².